The molecule has 1 aromatic rings. The molecule has 4 heteroatoms. The Kier molecular flexibility index (Phi) is 2.68. The summed E-state index contributed by atoms with van der Waals surface area (Å²) in [6, 6.07) is 5.45. The monoisotopic (exact) mass is 236 g/mol. The molecule has 1 N–H and O–H groups in total. The van der Waals surface area contributed by atoms with Crippen molar-refractivity contribution in [3.63, 3.8) is 0 Å². The van der Waals surface area contributed by atoms with Crippen LogP contribution in [0.4, 0.5) is 0 Å². The summed E-state index contributed by atoms with van der Waals surface area (Å²) in [7, 11) is 1.54. The van der Waals surface area contributed by atoms with Gasteiger partial charge in [0.1, 0.15) is 0 Å². The Labute approximate surface area is 100 Å². The molecular formula is C13H16O4. The molecule has 4 nitrogen and oxygen atoms in total. The molecule has 0 spiro atoms. The van der Waals surface area contributed by atoms with Gasteiger partial charge in [-0.15, -0.1) is 0 Å². The average Bonchev–Trinajstić information content (AvgIpc) is 2.90. The number of hydrogen-bond donors (Lipinski definition) is 1. The highest BCUT2D eigenvalue weighted by atomic mass is 16.5. The number of hydrogen-bond acceptors (Lipinski definition) is 4. The first-order valence-corrected chi connectivity index (χ1v) is 5.86. The van der Waals surface area contributed by atoms with Gasteiger partial charge in [-0.1, -0.05) is 6.07 Å². The van der Waals surface area contributed by atoms with Gasteiger partial charge in [0.2, 0.25) is 0 Å². The number of rotatable bonds is 2. The molecule has 3 unspecified atom stereocenters. The Balaban J connectivity index is 1.86. The summed E-state index contributed by atoms with van der Waals surface area (Å²) in [4.78, 5) is 0. The summed E-state index contributed by atoms with van der Waals surface area (Å²) in [6.07, 6.45) is 0.0410. The van der Waals surface area contributed by atoms with Crippen molar-refractivity contribution in [3.8, 4) is 11.5 Å². The summed E-state index contributed by atoms with van der Waals surface area (Å²) in [6.45, 7) is 2.30. The van der Waals surface area contributed by atoms with Gasteiger partial charge in [-0.2, -0.15) is 0 Å². The summed E-state index contributed by atoms with van der Waals surface area (Å²) in [5.41, 5.74) is 1.00. The molecule has 0 radical (unpaired) electrons. The molecule has 3 atom stereocenters. The molecule has 0 aromatic heterocycles. The number of aromatic hydroxyl groups is 1. The van der Waals surface area contributed by atoms with Gasteiger partial charge >= 0.3 is 0 Å². The van der Waals surface area contributed by atoms with E-state index in [4.69, 9.17) is 14.2 Å². The van der Waals surface area contributed by atoms with Gasteiger partial charge in [0.05, 0.1) is 33.0 Å². The van der Waals surface area contributed by atoms with Crippen molar-refractivity contribution in [2.24, 2.45) is 11.8 Å². The number of phenolic OH excluding ortho intramolecular Hbond substituents is 1. The molecule has 0 saturated carbocycles. The third-order valence-corrected chi connectivity index (χ3v) is 3.66. The Bertz CT molecular complexity index is 418. The fourth-order valence-electron chi connectivity index (χ4n) is 2.70. The van der Waals surface area contributed by atoms with Crippen LogP contribution in [-0.4, -0.2) is 32.0 Å². The maximum atomic E-state index is 9.78. The van der Waals surface area contributed by atoms with Crippen molar-refractivity contribution in [1.29, 1.82) is 0 Å². The molecule has 2 aliphatic rings. The maximum absolute atomic E-state index is 9.78. The van der Waals surface area contributed by atoms with E-state index >= 15 is 0 Å². The van der Waals surface area contributed by atoms with E-state index < -0.39 is 0 Å². The zero-order valence-corrected chi connectivity index (χ0v) is 9.76. The van der Waals surface area contributed by atoms with E-state index in [1.165, 1.54) is 0 Å². The van der Waals surface area contributed by atoms with Gasteiger partial charge in [0, 0.05) is 11.8 Å². The van der Waals surface area contributed by atoms with Crippen LogP contribution in [0.2, 0.25) is 0 Å². The largest absolute Gasteiger partial charge is 0.504 e. The van der Waals surface area contributed by atoms with Crippen LogP contribution in [0.3, 0.4) is 0 Å². The van der Waals surface area contributed by atoms with Gasteiger partial charge in [0.25, 0.3) is 0 Å². The number of benzene rings is 1. The van der Waals surface area contributed by atoms with Gasteiger partial charge < -0.3 is 19.3 Å². The topological polar surface area (TPSA) is 47.9 Å². The predicted molar refractivity (Wildman–Crippen MR) is 61.2 cm³/mol. The van der Waals surface area contributed by atoms with Crippen LogP contribution in [0.15, 0.2) is 18.2 Å². The van der Waals surface area contributed by atoms with Crippen LogP contribution in [0.1, 0.15) is 11.7 Å². The van der Waals surface area contributed by atoms with Crippen molar-refractivity contribution >= 4 is 0 Å². The van der Waals surface area contributed by atoms with Crippen LogP contribution < -0.4 is 4.74 Å². The van der Waals surface area contributed by atoms with Crippen molar-refractivity contribution in [2.45, 2.75) is 6.10 Å². The lowest BCUT2D eigenvalue weighted by Crippen LogP contribution is -2.12. The summed E-state index contributed by atoms with van der Waals surface area (Å²) >= 11 is 0. The average molecular weight is 236 g/mol. The van der Waals surface area contributed by atoms with Gasteiger partial charge in [0.15, 0.2) is 11.5 Å². The van der Waals surface area contributed by atoms with Gasteiger partial charge in [-0.25, -0.2) is 0 Å². The molecule has 2 aliphatic heterocycles. The molecule has 17 heavy (non-hydrogen) atoms. The highest BCUT2D eigenvalue weighted by Crippen LogP contribution is 2.43. The minimum absolute atomic E-state index is 0.0410. The molecule has 1 aromatic carbocycles. The number of phenols is 1. The lowest BCUT2D eigenvalue weighted by atomic mass is 9.90. The highest BCUT2D eigenvalue weighted by Gasteiger charge is 2.42. The van der Waals surface area contributed by atoms with E-state index in [1.54, 1.807) is 19.2 Å². The van der Waals surface area contributed by atoms with E-state index in [1.807, 2.05) is 6.07 Å². The molecule has 92 valence electrons. The van der Waals surface area contributed by atoms with Crippen LogP contribution in [0.25, 0.3) is 0 Å². The van der Waals surface area contributed by atoms with E-state index in [0.717, 1.165) is 25.4 Å². The van der Waals surface area contributed by atoms with Crippen molar-refractivity contribution in [3.05, 3.63) is 23.8 Å². The second kappa shape index (κ2) is 4.20. The second-order valence-corrected chi connectivity index (χ2v) is 4.65. The molecule has 0 bridgehead atoms. The smallest absolute Gasteiger partial charge is 0.160 e. The zero-order chi connectivity index (χ0) is 11.8. The second-order valence-electron chi connectivity index (χ2n) is 4.65. The molecule has 2 saturated heterocycles. The summed E-state index contributed by atoms with van der Waals surface area (Å²) < 4.78 is 16.3. The summed E-state index contributed by atoms with van der Waals surface area (Å²) in [5, 5.41) is 9.78. The first-order chi connectivity index (χ1) is 8.29. The molecule has 0 amide bonds. The Morgan fingerprint density at radius 3 is 2.94 bits per heavy atom. The number of fused-ring (bicyclic) bond motifs is 1. The lowest BCUT2D eigenvalue weighted by molar-refractivity contribution is 0.0501. The van der Waals surface area contributed by atoms with Crippen molar-refractivity contribution in [2.75, 3.05) is 26.9 Å². The maximum Gasteiger partial charge on any atom is 0.160 e. The van der Waals surface area contributed by atoms with E-state index in [2.05, 4.69) is 0 Å². The normalized spacial score (nSPS) is 31.5. The van der Waals surface area contributed by atoms with Gasteiger partial charge in [-0.3, -0.25) is 0 Å². The van der Waals surface area contributed by atoms with Crippen molar-refractivity contribution in [1.82, 2.24) is 0 Å². The minimum atomic E-state index is 0.0410. The summed E-state index contributed by atoms with van der Waals surface area (Å²) in [5.74, 6) is 1.58. The SMILES string of the molecule is COc1ccc(C2OCC3COCC32)cc1O. The Hall–Kier alpha value is -1.26. The number of methoxy groups -OCH3 is 1. The quantitative estimate of drug-likeness (QED) is 0.849. The highest BCUT2D eigenvalue weighted by molar-refractivity contribution is 5.42. The molecule has 3 rings (SSSR count). The van der Waals surface area contributed by atoms with E-state index in [9.17, 15) is 5.11 Å². The molecule has 2 fully saturated rings. The van der Waals surface area contributed by atoms with Crippen LogP contribution in [-0.2, 0) is 9.47 Å². The zero-order valence-electron chi connectivity index (χ0n) is 9.76. The third-order valence-electron chi connectivity index (χ3n) is 3.66. The minimum Gasteiger partial charge on any atom is -0.504 e. The Morgan fingerprint density at radius 2 is 2.18 bits per heavy atom. The first kappa shape index (κ1) is 10.9. The van der Waals surface area contributed by atoms with E-state index in [-0.39, 0.29) is 11.9 Å². The number of ether oxygens (including phenoxy) is 3. The fraction of sp³-hybridized carbons (Fsp3) is 0.538. The predicted octanol–water partition coefficient (Wildman–Crippen LogP) is 1.73. The van der Waals surface area contributed by atoms with E-state index in [0.29, 0.717) is 17.6 Å². The standard InChI is InChI=1S/C13H16O4/c1-15-12-3-2-8(4-11(12)14)13-10-7-16-5-9(10)6-17-13/h2-4,9-10,13-14H,5-7H2,1H3. The van der Waals surface area contributed by atoms with Crippen LogP contribution in [0, 0.1) is 11.8 Å². The first-order valence-electron chi connectivity index (χ1n) is 5.86. The van der Waals surface area contributed by atoms with Crippen LogP contribution >= 0.6 is 0 Å². The lowest BCUT2D eigenvalue weighted by Gasteiger charge is -2.17. The van der Waals surface area contributed by atoms with Crippen molar-refractivity contribution < 1.29 is 19.3 Å². The molecule has 2 heterocycles. The third kappa shape index (κ3) is 1.77. The van der Waals surface area contributed by atoms with Crippen LogP contribution in [0.5, 0.6) is 11.5 Å². The molecular weight excluding hydrogens is 220 g/mol. The molecule has 0 aliphatic carbocycles. The van der Waals surface area contributed by atoms with Gasteiger partial charge in [-0.05, 0) is 17.7 Å². The Morgan fingerprint density at radius 1 is 1.29 bits per heavy atom. The fourth-order valence-corrected chi connectivity index (χ4v) is 2.70.